The summed E-state index contributed by atoms with van der Waals surface area (Å²) < 4.78 is 8.86. The highest BCUT2D eigenvalue weighted by Gasteiger charge is 2.32. The van der Waals surface area contributed by atoms with Gasteiger partial charge in [-0.05, 0) is 6.07 Å². The van der Waals surface area contributed by atoms with Gasteiger partial charge in [0.2, 0.25) is 5.91 Å². The average molecular weight is 501 g/mol. The number of piperazine rings is 1. The first-order valence-electron chi connectivity index (χ1n) is 12.1. The van der Waals surface area contributed by atoms with Gasteiger partial charge in [0.1, 0.15) is 5.39 Å². The second-order valence-electron chi connectivity index (χ2n) is 9.16. The molecule has 4 aromatic rings. The minimum atomic E-state index is -0.397. The highest BCUT2D eigenvalue weighted by atomic mass is 16.5. The van der Waals surface area contributed by atoms with Crippen molar-refractivity contribution in [1.29, 1.82) is 0 Å². The third-order valence-electron chi connectivity index (χ3n) is 7.08. The van der Waals surface area contributed by atoms with Crippen LogP contribution in [0.25, 0.3) is 21.8 Å². The second-order valence-corrected chi connectivity index (χ2v) is 9.16. The maximum Gasteiger partial charge on any atom is 0.274 e. The molecule has 5 rings (SSSR count). The smallest absolute Gasteiger partial charge is 0.274 e. The summed E-state index contributed by atoms with van der Waals surface area (Å²) in [4.78, 5) is 55.8. The Morgan fingerprint density at radius 1 is 0.892 bits per heavy atom. The maximum atomic E-state index is 13.9. The highest BCUT2D eigenvalue weighted by Crippen LogP contribution is 2.35. The summed E-state index contributed by atoms with van der Waals surface area (Å²) in [7, 11) is 3.18. The van der Waals surface area contributed by atoms with Crippen LogP contribution >= 0.6 is 0 Å². The first-order valence-corrected chi connectivity index (χ1v) is 12.1. The zero-order chi connectivity index (χ0) is 26.3. The third kappa shape index (κ3) is 4.06. The number of rotatable bonds is 5. The quantitative estimate of drug-likeness (QED) is 0.393. The SMILES string of the molecule is COc1c(C(=O)N2CCN(C(C)=O)CC2)n(C)c2c1c(=O)n(CC(=O)c1ccccc1)c1ccccc21. The van der Waals surface area contributed by atoms with E-state index in [1.807, 2.05) is 24.3 Å². The normalized spacial score (nSPS) is 13.8. The number of aromatic nitrogens is 2. The molecule has 0 saturated carbocycles. The van der Waals surface area contributed by atoms with Crippen LogP contribution in [-0.4, -0.2) is 69.8 Å². The first kappa shape index (κ1) is 24.3. The van der Waals surface area contributed by atoms with E-state index in [1.54, 1.807) is 51.7 Å². The molecule has 0 aliphatic carbocycles. The number of ketones is 1. The lowest BCUT2D eigenvalue weighted by Gasteiger charge is -2.34. The number of carbonyl (C=O) groups excluding carboxylic acids is 3. The van der Waals surface area contributed by atoms with E-state index in [-0.39, 0.29) is 41.0 Å². The number of nitrogens with zero attached hydrogens (tertiary/aromatic N) is 4. The number of methoxy groups -OCH3 is 1. The van der Waals surface area contributed by atoms with E-state index >= 15 is 0 Å². The minimum Gasteiger partial charge on any atom is -0.493 e. The van der Waals surface area contributed by atoms with E-state index in [2.05, 4.69) is 0 Å². The van der Waals surface area contributed by atoms with Gasteiger partial charge in [-0.25, -0.2) is 0 Å². The summed E-state index contributed by atoms with van der Waals surface area (Å²) >= 11 is 0. The first-order chi connectivity index (χ1) is 17.8. The number of fused-ring (bicyclic) bond motifs is 3. The van der Waals surface area contributed by atoms with Gasteiger partial charge in [-0.2, -0.15) is 0 Å². The molecule has 0 spiro atoms. The molecular formula is C28H28N4O5. The van der Waals surface area contributed by atoms with Crippen LogP contribution in [0.5, 0.6) is 5.75 Å². The third-order valence-corrected chi connectivity index (χ3v) is 7.08. The van der Waals surface area contributed by atoms with E-state index in [4.69, 9.17) is 4.74 Å². The van der Waals surface area contributed by atoms with Crippen molar-refractivity contribution in [1.82, 2.24) is 18.9 Å². The number of ether oxygens (including phenoxy) is 1. The molecule has 1 aliphatic rings. The van der Waals surface area contributed by atoms with Crippen LogP contribution in [0, 0.1) is 0 Å². The van der Waals surface area contributed by atoms with Gasteiger partial charge in [0.15, 0.2) is 17.2 Å². The van der Waals surface area contributed by atoms with Crippen LogP contribution in [-0.2, 0) is 18.4 Å². The van der Waals surface area contributed by atoms with Crippen molar-refractivity contribution in [2.75, 3.05) is 33.3 Å². The Labute approximate surface area is 213 Å². The van der Waals surface area contributed by atoms with Gasteiger partial charge in [0.05, 0.1) is 24.7 Å². The number of Topliss-reactive ketones (excluding diaryl/α,β-unsaturated/α-hetero) is 1. The fourth-order valence-corrected chi connectivity index (χ4v) is 5.15. The molecule has 2 aromatic heterocycles. The fraction of sp³-hybridized carbons (Fsp3) is 0.286. The maximum absolute atomic E-state index is 13.9. The molecule has 2 amide bonds. The molecule has 0 radical (unpaired) electrons. The summed E-state index contributed by atoms with van der Waals surface area (Å²) in [6.07, 6.45) is 0. The van der Waals surface area contributed by atoms with E-state index in [9.17, 15) is 19.2 Å². The van der Waals surface area contributed by atoms with Crippen LogP contribution in [0.1, 0.15) is 27.8 Å². The van der Waals surface area contributed by atoms with Gasteiger partial charge in [0, 0.05) is 51.1 Å². The molecule has 0 unspecified atom stereocenters. The number of carbonyl (C=O) groups is 3. The molecule has 0 bridgehead atoms. The van der Waals surface area contributed by atoms with Gasteiger partial charge >= 0.3 is 0 Å². The van der Waals surface area contributed by atoms with Gasteiger partial charge < -0.3 is 19.1 Å². The van der Waals surface area contributed by atoms with E-state index in [0.717, 1.165) is 5.39 Å². The Balaban J connectivity index is 1.66. The zero-order valence-corrected chi connectivity index (χ0v) is 21.1. The van der Waals surface area contributed by atoms with Crippen molar-refractivity contribution in [3.63, 3.8) is 0 Å². The van der Waals surface area contributed by atoms with Crippen LogP contribution in [0.4, 0.5) is 0 Å². The monoisotopic (exact) mass is 500 g/mol. The lowest BCUT2D eigenvalue weighted by Crippen LogP contribution is -2.50. The molecule has 9 nitrogen and oxygen atoms in total. The topological polar surface area (TPSA) is 93.8 Å². The van der Waals surface area contributed by atoms with E-state index in [0.29, 0.717) is 42.8 Å². The average Bonchev–Trinajstić information content (AvgIpc) is 3.23. The minimum absolute atomic E-state index is 0.0219. The molecule has 9 heteroatoms. The number of aryl methyl sites for hydroxylation is 1. The summed E-state index contributed by atoms with van der Waals surface area (Å²) in [5, 5.41) is 0.995. The zero-order valence-electron chi connectivity index (χ0n) is 21.1. The van der Waals surface area contributed by atoms with Crippen LogP contribution in [0.3, 0.4) is 0 Å². The molecule has 0 N–H and O–H groups in total. The lowest BCUT2D eigenvalue weighted by atomic mass is 10.1. The van der Waals surface area contributed by atoms with Crippen molar-refractivity contribution in [3.05, 3.63) is 76.2 Å². The number of hydrogen-bond donors (Lipinski definition) is 0. The van der Waals surface area contributed by atoms with Gasteiger partial charge in [-0.15, -0.1) is 0 Å². The molecular weight excluding hydrogens is 472 g/mol. The Bertz CT molecular complexity index is 1590. The van der Waals surface area contributed by atoms with Crippen LogP contribution < -0.4 is 10.3 Å². The number of para-hydroxylation sites is 1. The number of benzene rings is 2. The summed E-state index contributed by atoms with van der Waals surface area (Å²) in [5.41, 5.74) is 1.56. The predicted molar refractivity (Wildman–Crippen MR) is 140 cm³/mol. The fourth-order valence-electron chi connectivity index (χ4n) is 5.15. The molecule has 0 atom stereocenters. The molecule has 37 heavy (non-hydrogen) atoms. The van der Waals surface area contributed by atoms with Crippen molar-refractivity contribution < 1.29 is 19.1 Å². The molecule has 1 aliphatic heterocycles. The molecule has 2 aromatic carbocycles. The lowest BCUT2D eigenvalue weighted by molar-refractivity contribution is -0.130. The van der Waals surface area contributed by atoms with Gasteiger partial charge in [-0.3, -0.25) is 23.7 Å². The Morgan fingerprint density at radius 3 is 2.16 bits per heavy atom. The largest absolute Gasteiger partial charge is 0.493 e. The number of amides is 2. The molecule has 3 heterocycles. The van der Waals surface area contributed by atoms with Crippen molar-refractivity contribution in [2.45, 2.75) is 13.5 Å². The Kier molecular flexibility index (Phi) is 6.29. The van der Waals surface area contributed by atoms with Gasteiger partial charge in [0.25, 0.3) is 11.5 Å². The second kappa shape index (κ2) is 9.57. The molecule has 190 valence electrons. The summed E-state index contributed by atoms with van der Waals surface area (Å²) in [6.45, 7) is 3.05. The van der Waals surface area contributed by atoms with Crippen molar-refractivity contribution in [3.8, 4) is 5.75 Å². The van der Waals surface area contributed by atoms with Crippen LogP contribution in [0.15, 0.2) is 59.4 Å². The standard InChI is InChI=1S/C28H28N4O5/c1-18(33)30-13-15-31(16-14-30)28(36)25-26(37-3)23-24(29(25)2)20-11-7-8-12-21(20)32(27(23)35)17-22(34)19-9-5-4-6-10-19/h4-12H,13-17H2,1-3H3. The predicted octanol–water partition coefficient (Wildman–Crippen LogP) is 2.69. The number of pyridine rings is 1. The molecule has 1 saturated heterocycles. The summed E-state index contributed by atoms with van der Waals surface area (Å²) in [6, 6.07) is 16.2. The van der Waals surface area contributed by atoms with Gasteiger partial charge in [-0.1, -0.05) is 48.5 Å². The number of hydrogen-bond acceptors (Lipinski definition) is 5. The van der Waals surface area contributed by atoms with Crippen LogP contribution in [0.2, 0.25) is 0 Å². The summed E-state index contributed by atoms with van der Waals surface area (Å²) in [5.74, 6) is -0.296. The Hall–Kier alpha value is -4.40. The Morgan fingerprint density at radius 2 is 1.51 bits per heavy atom. The van der Waals surface area contributed by atoms with E-state index < -0.39 is 5.56 Å². The highest BCUT2D eigenvalue weighted by molar-refractivity contribution is 6.12. The van der Waals surface area contributed by atoms with Crippen molar-refractivity contribution >= 4 is 39.4 Å². The van der Waals surface area contributed by atoms with Crippen molar-refractivity contribution in [2.24, 2.45) is 7.05 Å². The van der Waals surface area contributed by atoms with E-state index in [1.165, 1.54) is 18.6 Å². The molecule has 1 fully saturated rings.